The summed E-state index contributed by atoms with van der Waals surface area (Å²) in [6.07, 6.45) is 1.36. The fourth-order valence-electron chi connectivity index (χ4n) is 2.15. The number of halogens is 2. The van der Waals surface area contributed by atoms with E-state index in [4.69, 9.17) is 9.15 Å². The van der Waals surface area contributed by atoms with Gasteiger partial charge in [-0.3, -0.25) is 9.59 Å². The first-order valence-electron chi connectivity index (χ1n) is 7.58. The molecule has 2 amide bonds. The summed E-state index contributed by atoms with van der Waals surface area (Å²) < 4.78 is 39.0. The quantitative estimate of drug-likeness (QED) is 0.773. The van der Waals surface area contributed by atoms with Crippen molar-refractivity contribution in [3.63, 3.8) is 0 Å². The number of likely N-dealkylation sites (N-methyl/N-ethyl adjacent to an activating group) is 1. The van der Waals surface area contributed by atoms with Gasteiger partial charge in [-0.05, 0) is 29.8 Å². The van der Waals surface area contributed by atoms with Crippen molar-refractivity contribution in [2.75, 3.05) is 20.7 Å². The number of nitrogens with zero attached hydrogens (tertiary/aromatic N) is 1. The van der Waals surface area contributed by atoms with Crippen molar-refractivity contribution in [3.8, 4) is 11.5 Å². The molecule has 1 heterocycles. The maximum absolute atomic E-state index is 12.3. The van der Waals surface area contributed by atoms with E-state index in [1.165, 1.54) is 36.5 Å². The molecule has 9 heteroatoms. The minimum atomic E-state index is -2.96. The van der Waals surface area contributed by atoms with E-state index in [2.05, 4.69) is 10.1 Å². The van der Waals surface area contributed by atoms with E-state index in [-0.39, 0.29) is 36.3 Å². The van der Waals surface area contributed by atoms with Crippen LogP contribution in [0.3, 0.4) is 0 Å². The highest BCUT2D eigenvalue weighted by molar-refractivity contribution is 5.94. The number of methoxy groups -OCH3 is 1. The zero-order valence-corrected chi connectivity index (χ0v) is 14.2. The van der Waals surface area contributed by atoms with Crippen LogP contribution in [0.1, 0.15) is 16.1 Å². The van der Waals surface area contributed by atoms with E-state index in [0.717, 1.165) is 0 Å². The van der Waals surface area contributed by atoms with Crippen LogP contribution >= 0.6 is 0 Å². The summed E-state index contributed by atoms with van der Waals surface area (Å²) in [4.78, 5) is 25.2. The molecular formula is C17H18F2N2O5. The minimum absolute atomic E-state index is 0.0917. The average Bonchev–Trinajstić information content (AvgIpc) is 3.14. The fourth-order valence-corrected chi connectivity index (χ4v) is 2.15. The number of amides is 2. The second-order valence-corrected chi connectivity index (χ2v) is 5.27. The molecule has 140 valence electrons. The third-order valence-electron chi connectivity index (χ3n) is 3.43. The minimum Gasteiger partial charge on any atom is -0.493 e. The molecule has 1 N–H and O–H groups in total. The number of rotatable bonds is 8. The van der Waals surface area contributed by atoms with Crippen molar-refractivity contribution in [2.24, 2.45) is 0 Å². The number of alkyl halides is 2. The number of carbonyl (C=O) groups excluding carboxylic acids is 2. The largest absolute Gasteiger partial charge is 0.493 e. The molecule has 0 bridgehead atoms. The first-order chi connectivity index (χ1) is 12.4. The number of hydrogen-bond acceptors (Lipinski definition) is 5. The molecule has 2 aromatic rings. The van der Waals surface area contributed by atoms with Crippen LogP contribution in [0, 0.1) is 0 Å². The van der Waals surface area contributed by atoms with Crippen molar-refractivity contribution in [1.82, 2.24) is 10.2 Å². The molecule has 1 aromatic heterocycles. The molecule has 0 radical (unpaired) electrons. The van der Waals surface area contributed by atoms with Gasteiger partial charge in [-0.15, -0.1) is 0 Å². The Balaban J connectivity index is 1.92. The maximum atomic E-state index is 12.3. The predicted octanol–water partition coefficient (Wildman–Crippen LogP) is 2.28. The molecule has 0 unspecified atom stereocenters. The zero-order valence-electron chi connectivity index (χ0n) is 14.2. The van der Waals surface area contributed by atoms with E-state index < -0.39 is 12.5 Å². The molecule has 0 atom stereocenters. The number of nitrogens with one attached hydrogen (secondary N) is 1. The van der Waals surface area contributed by atoms with Crippen LogP contribution in [0.5, 0.6) is 11.5 Å². The molecule has 0 aliphatic carbocycles. The molecule has 0 spiro atoms. The van der Waals surface area contributed by atoms with Gasteiger partial charge in [-0.1, -0.05) is 6.07 Å². The molecule has 26 heavy (non-hydrogen) atoms. The molecular weight excluding hydrogens is 350 g/mol. The van der Waals surface area contributed by atoms with Gasteiger partial charge in [0, 0.05) is 13.6 Å². The van der Waals surface area contributed by atoms with Crippen LogP contribution in [-0.2, 0) is 11.3 Å². The summed E-state index contributed by atoms with van der Waals surface area (Å²) in [7, 11) is 2.88. The molecule has 0 aliphatic rings. The van der Waals surface area contributed by atoms with Gasteiger partial charge in [0.05, 0.1) is 19.9 Å². The summed E-state index contributed by atoms with van der Waals surface area (Å²) in [6.45, 7) is -2.97. The smallest absolute Gasteiger partial charge is 0.387 e. The molecule has 0 fully saturated rings. The van der Waals surface area contributed by atoms with Gasteiger partial charge < -0.3 is 24.1 Å². The van der Waals surface area contributed by atoms with Gasteiger partial charge in [-0.2, -0.15) is 8.78 Å². The lowest BCUT2D eigenvalue weighted by Gasteiger charge is -2.18. The molecule has 2 rings (SSSR count). The van der Waals surface area contributed by atoms with Crippen LogP contribution in [0.15, 0.2) is 41.0 Å². The molecule has 0 saturated carbocycles. The van der Waals surface area contributed by atoms with Crippen molar-refractivity contribution in [1.29, 1.82) is 0 Å². The van der Waals surface area contributed by atoms with Crippen LogP contribution in [-0.4, -0.2) is 44.0 Å². The van der Waals surface area contributed by atoms with Crippen molar-refractivity contribution >= 4 is 11.8 Å². The van der Waals surface area contributed by atoms with Gasteiger partial charge in [0.25, 0.3) is 5.91 Å². The molecule has 0 saturated heterocycles. The Morgan fingerprint density at radius 3 is 2.65 bits per heavy atom. The standard InChI is InChI=1S/C17H18F2N2O5/c1-21(15(22)9-20-16(23)13-4-3-7-25-13)10-11-5-6-12(26-17(18)19)14(8-11)24-2/h3-8,17H,9-10H2,1-2H3,(H,20,23). The van der Waals surface area contributed by atoms with Gasteiger partial charge in [0.1, 0.15) is 0 Å². The van der Waals surface area contributed by atoms with E-state index in [1.54, 1.807) is 19.2 Å². The van der Waals surface area contributed by atoms with Gasteiger partial charge >= 0.3 is 6.61 Å². The average molecular weight is 368 g/mol. The van der Waals surface area contributed by atoms with Crippen LogP contribution < -0.4 is 14.8 Å². The Kier molecular flexibility index (Phi) is 6.54. The number of ether oxygens (including phenoxy) is 2. The monoisotopic (exact) mass is 368 g/mol. The number of furan rings is 1. The van der Waals surface area contributed by atoms with Crippen LogP contribution in [0.4, 0.5) is 8.78 Å². The van der Waals surface area contributed by atoms with E-state index in [9.17, 15) is 18.4 Å². The second kappa shape index (κ2) is 8.84. The number of hydrogen-bond donors (Lipinski definition) is 1. The Labute approximate surface area is 148 Å². The predicted molar refractivity (Wildman–Crippen MR) is 87.1 cm³/mol. The Morgan fingerprint density at radius 1 is 1.27 bits per heavy atom. The van der Waals surface area contributed by atoms with Gasteiger partial charge in [-0.25, -0.2) is 0 Å². The first-order valence-corrected chi connectivity index (χ1v) is 7.58. The topological polar surface area (TPSA) is 81.0 Å². The summed E-state index contributed by atoms with van der Waals surface area (Å²) in [5.41, 5.74) is 0.650. The van der Waals surface area contributed by atoms with Crippen molar-refractivity contribution in [2.45, 2.75) is 13.2 Å². The maximum Gasteiger partial charge on any atom is 0.387 e. The lowest BCUT2D eigenvalue weighted by molar-refractivity contribution is -0.129. The highest BCUT2D eigenvalue weighted by Gasteiger charge is 2.15. The SMILES string of the molecule is COc1cc(CN(C)C(=O)CNC(=O)c2ccco2)ccc1OC(F)F. The summed E-state index contributed by atoms with van der Waals surface area (Å²) in [5, 5.41) is 2.45. The third-order valence-corrected chi connectivity index (χ3v) is 3.43. The van der Waals surface area contributed by atoms with E-state index >= 15 is 0 Å². The van der Waals surface area contributed by atoms with Crippen molar-refractivity contribution in [3.05, 3.63) is 47.9 Å². The molecule has 7 nitrogen and oxygen atoms in total. The zero-order chi connectivity index (χ0) is 19.1. The second-order valence-electron chi connectivity index (χ2n) is 5.27. The Morgan fingerprint density at radius 2 is 2.04 bits per heavy atom. The number of carbonyl (C=O) groups is 2. The van der Waals surface area contributed by atoms with Crippen LogP contribution in [0.2, 0.25) is 0 Å². The summed E-state index contributed by atoms with van der Waals surface area (Å²) >= 11 is 0. The highest BCUT2D eigenvalue weighted by atomic mass is 19.3. The molecule has 0 aliphatic heterocycles. The lowest BCUT2D eigenvalue weighted by Crippen LogP contribution is -2.37. The third kappa shape index (κ3) is 5.20. The number of benzene rings is 1. The normalized spacial score (nSPS) is 10.5. The van der Waals surface area contributed by atoms with Gasteiger partial charge in [0.15, 0.2) is 17.3 Å². The van der Waals surface area contributed by atoms with Crippen LogP contribution in [0.25, 0.3) is 0 Å². The summed E-state index contributed by atoms with van der Waals surface area (Å²) in [6, 6.07) is 7.45. The van der Waals surface area contributed by atoms with E-state index in [1.807, 2.05) is 0 Å². The first kappa shape index (κ1) is 19.2. The van der Waals surface area contributed by atoms with E-state index in [0.29, 0.717) is 5.56 Å². The highest BCUT2D eigenvalue weighted by Crippen LogP contribution is 2.29. The van der Waals surface area contributed by atoms with Crippen molar-refractivity contribution < 1.29 is 32.3 Å². The summed E-state index contributed by atoms with van der Waals surface area (Å²) in [5.74, 6) is -0.677. The van der Waals surface area contributed by atoms with Gasteiger partial charge in [0.2, 0.25) is 5.91 Å². The fraction of sp³-hybridized carbons (Fsp3) is 0.294. The lowest BCUT2D eigenvalue weighted by atomic mass is 10.2. The molecule has 1 aromatic carbocycles. The Bertz CT molecular complexity index is 750. The Hall–Kier alpha value is -3.10.